The molecule has 5 aromatic heterocycles. The van der Waals surface area contributed by atoms with Crippen LogP contribution in [-0.2, 0) is 0 Å². The number of hydrogen-bond acceptors (Lipinski definition) is 7. The standard InChI is InChI=1S/C29H25FN8O/c30-20-5-3-18(4-6-20)22-16-32-17-25-26(22)35-29(34-25)28-27-24(36-37-28)8-7-23(33-27)19-13-21(15-31-14-19)39-12-11-38-9-1-2-10-38/h3-8,13-17H,1-2,9-12H2,(H,34,35)(H,36,37). The van der Waals surface area contributed by atoms with E-state index in [9.17, 15) is 4.39 Å². The number of nitrogens with one attached hydrogen (secondary N) is 2. The zero-order chi connectivity index (χ0) is 26.2. The fourth-order valence-electron chi connectivity index (χ4n) is 5.05. The molecule has 1 aromatic carbocycles. The first-order valence-corrected chi connectivity index (χ1v) is 13.0. The number of aromatic nitrogens is 7. The van der Waals surface area contributed by atoms with Crippen LogP contribution in [0, 0.1) is 5.82 Å². The molecule has 0 unspecified atom stereocenters. The van der Waals surface area contributed by atoms with E-state index >= 15 is 0 Å². The molecule has 0 aliphatic carbocycles. The second kappa shape index (κ2) is 9.88. The summed E-state index contributed by atoms with van der Waals surface area (Å²) in [6.45, 7) is 3.84. The van der Waals surface area contributed by atoms with Crippen molar-refractivity contribution in [2.24, 2.45) is 0 Å². The minimum atomic E-state index is -0.291. The smallest absolute Gasteiger partial charge is 0.161 e. The van der Waals surface area contributed by atoms with Gasteiger partial charge in [-0.25, -0.2) is 14.4 Å². The van der Waals surface area contributed by atoms with Crippen molar-refractivity contribution in [3.05, 3.63) is 73.1 Å². The van der Waals surface area contributed by atoms with Gasteiger partial charge in [-0.1, -0.05) is 12.1 Å². The van der Waals surface area contributed by atoms with E-state index in [-0.39, 0.29) is 5.82 Å². The molecule has 39 heavy (non-hydrogen) atoms. The topological polar surface area (TPSA) is 108 Å². The monoisotopic (exact) mass is 520 g/mol. The maximum Gasteiger partial charge on any atom is 0.161 e. The van der Waals surface area contributed by atoms with Crippen molar-refractivity contribution >= 4 is 22.1 Å². The number of halogens is 1. The quantitative estimate of drug-likeness (QED) is 0.296. The van der Waals surface area contributed by atoms with Gasteiger partial charge in [0.15, 0.2) is 11.5 Å². The Bertz CT molecular complexity index is 1770. The van der Waals surface area contributed by atoms with Gasteiger partial charge in [0.05, 0.1) is 34.6 Å². The molecule has 0 bridgehead atoms. The summed E-state index contributed by atoms with van der Waals surface area (Å²) >= 11 is 0. The second-order valence-electron chi connectivity index (χ2n) is 9.65. The molecule has 0 radical (unpaired) electrons. The minimum absolute atomic E-state index is 0.291. The van der Waals surface area contributed by atoms with Gasteiger partial charge in [0, 0.05) is 30.1 Å². The Kier molecular flexibility index (Phi) is 5.93. The Morgan fingerprint density at radius 2 is 1.69 bits per heavy atom. The molecule has 0 amide bonds. The molecule has 9 nitrogen and oxygen atoms in total. The number of fused-ring (bicyclic) bond motifs is 2. The van der Waals surface area contributed by atoms with Gasteiger partial charge >= 0.3 is 0 Å². The number of H-pyrrole nitrogens is 2. The summed E-state index contributed by atoms with van der Waals surface area (Å²) < 4.78 is 19.5. The van der Waals surface area contributed by atoms with E-state index in [2.05, 4.69) is 30.0 Å². The van der Waals surface area contributed by atoms with Crippen LogP contribution in [0.2, 0.25) is 0 Å². The van der Waals surface area contributed by atoms with Crippen LogP contribution in [0.3, 0.4) is 0 Å². The van der Waals surface area contributed by atoms with Crippen LogP contribution in [0.1, 0.15) is 12.8 Å². The van der Waals surface area contributed by atoms with E-state index in [1.165, 1.54) is 25.0 Å². The molecule has 0 saturated carbocycles. The van der Waals surface area contributed by atoms with Gasteiger partial charge in [-0.3, -0.25) is 20.0 Å². The molecular weight excluding hydrogens is 495 g/mol. The van der Waals surface area contributed by atoms with Crippen molar-refractivity contribution in [2.75, 3.05) is 26.2 Å². The predicted octanol–water partition coefficient (Wildman–Crippen LogP) is 5.24. The maximum atomic E-state index is 13.5. The third-order valence-corrected chi connectivity index (χ3v) is 7.07. The van der Waals surface area contributed by atoms with Crippen LogP contribution in [0.25, 0.3) is 56.0 Å². The van der Waals surface area contributed by atoms with E-state index in [1.807, 2.05) is 18.2 Å². The third-order valence-electron chi connectivity index (χ3n) is 7.07. The molecular formula is C29H25FN8O. The summed E-state index contributed by atoms with van der Waals surface area (Å²) in [7, 11) is 0. The Balaban J connectivity index is 1.20. The lowest BCUT2D eigenvalue weighted by Gasteiger charge is -2.15. The fourth-order valence-corrected chi connectivity index (χ4v) is 5.05. The van der Waals surface area contributed by atoms with E-state index < -0.39 is 0 Å². The maximum absolute atomic E-state index is 13.5. The van der Waals surface area contributed by atoms with Crippen LogP contribution in [0.5, 0.6) is 5.75 Å². The number of aromatic amines is 2. The molecule has 10 heteroatoms. The van der Waals surface area contributed by atoms with Crippen molar-refractivity contribution in [2.45, 2.75) is 12.8 Å². The lowest BCUT2D eigenvalue weighted by Crippen LogP contribution is -2.25. The van der Waals surface area contributed by atoms with Crippen molar-refractivity contribution in [1.29, 1.82) is 0 Å². The van der Waals surface area contributed by atoms with Crippen molar-refractivity contribution in [3.63, 3.8) is 0 Å². The molecule has 1 aliphatic heterocycles. The average Bonchev–Trinajstić information content (AvgIpc) is 3.73. The van der Waals surface area contributed by atoms with Crippen LogP contribution >= 0.6 is 0 Å². The molecule has 1 aliphatic rings. The first kappa shape index (κ1) is 23.4. The number of benzene rings is 1. The number of nitrogens with zero attached hydrogens (tertiary/aromatic N) is 6. The second-order valence-corrected chi connectivity index (χ2v) is 9.65. The van der Waals surface area contributed by atoms with Gasteiger partial charge in [-0.15, -0.1) is 0 Å². The molecule has 6 heterocycles. The highest BCUT2D eigenvalue weighted by Gasteiger charge is 2.18. The van der Waals surface area contributed by atoms with Crippen molar-refractivity contribution in [1.82, 2.24) is 40.0 Å². The van der Waals surface area contributed by atoms with Crippen LogP contribution in [0.4, 0.5) is 4.39 Å². The van der Waals surface area contributed by atoms with Gasteiger partial charge in [0.1, 0.15) is 23.7 Å². The van der Waals surface area contributed by atoms with Crippen LogP contribution in [-0.4, -0.2) is 66.3 Å². The molecule has 1 fully saturated rings. The Morgan fingerprint density at radius 3 is 2.56 bits per heavy atom. The number of ether oxygens (including phenoxy) is 1. The van der Waals surface area contributed by atoms with Gasteiger partial charge in [0.2, 0.25) is 0 Å². The largest absolute Gasteiger partial charge is 0.491 e. The number of hydrogen-bond donors (Lipinski definition) is 2. The number of imidazole rings is 1. The average molecular weight is 521 g/mol. The Hall–Kier alpha value is -4.70. The number of likely N-dealkylation sites (tertiary alicyclic amines) is 1. The molecule has 7 rings (SSSR count). The van der Waals surface area contributed by atoms with Crippen LogP contribution < -0.4 is 4.74 Å². The highest BCUT2D eigenvalue weighted by Crippen LogP contribution is 2.31. The predicted molar refractivity (Wildman–Crippen MR) is 147 cm³/mol. The summed E-state index contributed by atoms with van der Waals surface area (Å²) in [6, 6.07) is 12.1. The van der Waals surface area contributed by atoms with Crippen molar-refractivity contribution < 1.29 is 9.13 Å². The normalized spacial score (nSPS) is 14.0. The number of rotatable bonds is 7. The fraction of sp³-hybridized carbons (Fsp3) is 0.207. The zero-order valence-corrected chi connectivity index (χ0v) is 21.1. The lowest BCUT2D eigenvalue weighted by atomic mass is 10.1. The van der Waals surface area contributed by atoms with Gasteiger partial charge < -0.3 is 9.72 Å². The molecule has 0 atom stereocenters. The molecule has 0 spiro atoms. The van der Waals surface area contributed by atoms with Gasteiger partial charge in [0.25, 0.3) is 0 Å². The summed E-state index contributed by atoms with van der Waals surface area (Å²) in [5.41, 5.74) is 6.79. The lowest BCUT2D eigenvalue weighted by molar-refractivity contribution is 0.237. The van der Waals surface area contributed by atoms with Gasteiger partial charge in [-0.2, -0.15) is 5.10 Å². The zero-order valence-electron chi connectivity index (χ0n) is 21.1. The molecule has 2 N–H and O–H groups in total. The van der Waals surface area contributed by atoms with Gasteiger partial charge in [-0.05, 0) is 61.8 Å². The van der Waals surface area contributed by atoms with E-state index in [0.717, 1.165) is 64.3 Å². The first-order chi connectivity index (χ1) is 19.2. The molecule has 6 aromatic rings. The summed E-state index contributed by atoms with van der Waals surface area (Å²) in [5, 5.41) is 7.56. The summed E-state index contributed by atoms with van der Waals surface area (Å²) in [5.74, 6) is 0.995. The Labute approximate surface area is 223 Å². The third kappa shape index (κ3) is 4.59. The SMILES string of the molecule is Fc1ccc(-c2cncc3[nH]c(-c4n[nH]c5ccc(-c6cncc(OCCN7CCCC7)c6)nc45)nc23)cc1. The highest BCUT2D eigenvalue weighted by molar-refractivity contribution is 5.95. The summed E-state index contributed by atoms with van der Waals surface area (Å²) in [6.07, 6.45) is 9.49. The first-order valence-electron chi connectivity index (χ1n) is 13.0. The van der Waals surface area contributed by atoms with Crippen LogP contribution in [0.15, 0.2) is 67.3 Å². The molecule has 1 saturated heterocycles. The van der Waals surface area contributed by atoms with E-state index in [0.29, 0.717) is 23.6 Å². The Morgan fingerprint density at radius 1 is 0.846 bits per heavy atom. The van der Waals surface area contributed by atoms with E-state index in [4.69, 9.17) is 14.7 Å². The number of pyridine rings is 3. The van der Waals surface area contributed by atoms with Crippen molar-refractivity contribution in [3.8, 4) is 39.7 Å². The highest BCUT2D eigenvalue weighted by atomic mass is 19.1. The van der Waals surface area contributed by atoms with E-state index in [1.54, 1.807) is 36.9 Å². The molecule has 194 valence electrons. The summed E-state index contributed by atoms with van der Waals surface area (Å²) in [4.78, 5) is 24.2. The minimum Gasteiger partial charge on any atom is -0.491 e.